The SMILES string of the molecule is COC(=O)C(Cc1ccc([N+](=O)[O-])cc1)NC(=O)c1c(C)cccc1C. The lowest BCUT2D eigenvalue weighted by Gasteiger charge is -2.18. The van der Waals surface area contributed by atoms with Crippen molar-refractivity contribution in [2.75, 3.05) is 7.11 Å². The number of carbonyl (C=O) groups excluding carboxylic acids is 2. The van der Waals surface area contributed by atoms with Crippen LogP contribution in [0.2, 0.25) is 0 Å². The summed E-state index contributed by atoms with van der Waals surface area (Å²) in [5.41, 5.74) is 2.77. The summed E-state index contributed by atoms with van der Waals surface area (Å²) in [6.45, 7) is 3.65. The highest BCUT2D eigenvalue weighted by molar-refractivity contribution is 5.99. The van der Waals surface area contributed by atoms with Gasteiger partial charge in [0.15, 0.2) is 0 Å². The van der Waals surface area contributed by atoms with E-state index >= 15 is 0 Å². The van der Waals surface area contributed by atoms with Crippen molar-refractivity contribution >= 4 is 17.6 Å². The van der Waals surface area contributed by atoms with Gasteiger partial charge < -0.3 is 10.1 Å². The van der Waals surface area contributed by atoms with Crippen LogP contribution in [0.1, 0.15) is 27.0 Å². The molecule has 7 nitrogen and oxygen atoms in total. The molecule has 2 aromatic carbocycles. The number of non-ortho nitro benzene ring substituents is 1. The van der Waals surface area contributed by atoms with Crippen LogP contribution >= 0.6 is 0 Å². The van der Waals surface area contributed by atoms with Gasteiger partial charge in [0.2, 0.25) is 0 Å². The number of nitro groups is 1. The van der Waals surface area contributed by atoms with E-state index in [4.69, 9.17) is 4.74 Å². The van der Waals surface area contributed by atoms with E-state index in [2.05, 4.69) is 5.32 Å². The van der Waals surface area contributed by atoms with Gasteiger partial charge in [0.05, 0.1) is 12.0 Å². The number of rotatable bonds is 6. The molecule has 0 aromatic heterocycles. The quantitative estimate of drug-likeness (QED) is 0.487. The van der Waals surface area contributed by atoms with Crippen molar-refractivity contribution in [1.29, 1.82) is 0 Å². The van der Waals surface area contributed by atoms with Gasteiger partial charge in [-0.25, -0.2) is 4.79 Å². The van der Waals surface area contributed by atoms with Gasteiger partial charge in [-0.1, -0.05) is 30.3 Å². The number of aryl methyl sites for hydroxylation is 2. The number of carbonyl (C=O) groups is 2. The van der Waals surface area contributed by atoms with E-state index in [1.165, 1.54) is 19.2 Å². The molecule has 0 aliphatic heterocycles. The first kappa shape index (κ1) is 19.1. The monoisotopic (exact) mass is 356 g/mol. The molecule has 136 valence electrons. The third kappa shape index (κ3) is 4.44. The summed E-state index contributed by atoms with van der Waals surface area (Å²) in [6, 6.07) is 10.4. The van der Waals surface area contributed by atoms with E-state index in [0.29, 0.717) is 11.1 Å². The molecule has 0 saturated heterocycles. The molecule has 0 spiro atoms. The number of nitro benzene ring substituents is 1. The second kappa shape index (κ2) is 8.24. The number of hydrogen-bond donors (Lipinski definition) is 1. The summed E-state index contributed by atoms with van der Waals surface area (Å²) >= 11 is 0. The molecule has 1 amide bonds. The lowest BCUT2D eigenvalue weighted by molar-refractivity contribution is -0.384. The van der Waals surface area contributed by atoms with E-state index in [1.807, 2.05) is 32.0 Å². The molecule has 7 heteroatoms. The Morgan fingerprint density at radius 3 is 2.19 bits per heavy atom. The van der Waals surface area contributed by atoms with Gasteiger partial charge in [0.1, 0.15) is 6.04 Å². The number of hydrogen-bond acceptors (Lipinski definition) is 5. The summed E-state index contributed by atoms with van der Waals surface area (Å²) in [5.74, 6) is -0.944. The van der Waals surface area contributed by atoms with Gasteiger partial charge in [-0.3, -0.25) is 14.9 Å². The summed E-state index contributed by atoms with van der Waals surface area (Å²) < 4.78 is 4.78. The summed E-state index contributed by atoms with van der Waals surface area (Å²) in [7, 11) is 1.25. The Labute approximate surface area is 151 Å². The Bertz CT molecular complexity index is 810. The number of nitrogens with one attached hydrogen (secondary N) is 1. The van der Waals surface area contributed by atoms with E-state index in [1.54, 1.807) is 12.1 Å². The van der Waals surface area contributed by atoms with Crippen LogP contribution in [0, 0.1) is 24.0 Å². The maximum atomic E-state index is 12.6. The van der Waals surface area contributed by atoms with E-state index in [0.717, 1.165) is 11.1 Å². The predicted molar refractivity (Wildman–Crippen MR) is 96.0 cm³/mol. The molecule has 1 unspecified atom stereocenters. The Morgan fingerprint density at radius 2 is 1.69 bits per heavy atom. The molecule has 2 aromatic rings. The normalized spacial score (nSPS) is 11.5. The zero-order valence-electron chi connectivity index (χ0n) is 14.8. The zero-order chi connectivity index (χ0) is 19.3. The highest BCUT2D eigenvalue weighted by Gasteiger charge is 2.24. The van der Waals surface area contributed by atoms with Crippen LogP contribution in [0.25, 0.3) is 0 Å². The van der Waals surface area contributed by atoms with Crippen LogP contribution < -0.4 is 5.32 Å². The average Bonchev–Trinajstić information content (AvgIpc) is 2.60. The molecule has 0 aliphatic carbocycles. The molecular weight excluding hydrogens is 336 g/mol. The molecule has 0 radical (unpaired) electrons. The smallest absolute Gasteiger partial charge is 0.328 e. The highest BCUT2D eigenvalue weighted by Crippen LogP contribution is 2.16. The van der Waals surface area contributed by atoms with Crippen LogP contribution in [-0.4, -0.2) is 30.0 Å². The molecule has 1 N–H and O–H groups in total. The molecule has 0 saturated carbocycles. The minimum atomic E-state index is -0.895. The van der Waals surface area contributed by atoms with Crippen molar-refractivity contribution in [3.8, 4) is 0 Å². The van der Waals surface area contributed by atoms with E-state index in [9.17, 15) is 19.7 Å². The Balaban J connectivity index is 2.21. The van der Waals surface area contributed by atoms with Gasteiger partial charge >= 0.3 is 5.97 Å². The maximum Gasteiger partial charge on any atom is 0.328 e. The molecule has 26 heavy (non-hydrogen) atoms. The standard InChI is InChI=1S/C19H20N2O5/c1-12-5-4-6-13(2)17(12)18(22)20-16(19(23)26-3)11-14-7-9-15(10-8-14)21(24)25/h4-10,16H,11H2,1-3H3,(H,20,22). The highest BCUT2D eigenvalue weighted by atomic mass is 16.6. The van der Waals surface area contributed by atoms with Gasteiger partial charge in [0.25, 0.3) is 11.6 Å². The third-order valence-electron chi connectivity index (χ3n) is 4.09. The largest absolute Gasteiger partial charge is 0.467 e. The number of methoxy groups -OCH3 is 1. The summed E-state index contributed by atoms with van der Waals surface area (Å²) in [6.07, 6.45) is 0.168. The van der Waals surface area contributed by atoms with E-state index < -0.39 is 16.9 Å². The van der Waals surface area contributed by atoms with Crippen molar-refractivity contribution in [2.45, 2.75) is 26.3 Å². The topological polar surface area (TPSA) is 98.5 Å². The number of ether oxygens (including phenoxy) is 1. The van der Waals surface area contributed by atoms with Crippen molar-refractivity contribution in [3.05, 3.63) is 74.8 Å². The number of benzene rings is 2. The maximum absolute atomic E-state index is 12.6. The van der Waals surface area contributed by atoms with Crippen LogP contribution in [0.15, 0.2) is 42.5 Å². The van der Waals surface area contributed by atoms with Gasteiger partial charge in [-0.15, -0.1) is 0 Å². The van der Waals surface area contributed by atoms with Crippen molar-refractivity contribution in [1.82, 2.24) is 5.32 Å². The Kier molecular flexibility index (Phi) is 6.06. The van der Waals surface area contributed by atoms with Crippen LogP contribution in [-0.2, 0) is 16.0 Å². The van der Waals surface area contributed by atoms with Crippen LogP contribution in [0.4, 0.5) is 5.69 Å². The van der Waals surface area contributed by atoms with Gasteiger partial charge in [0, 0.05) is 24.1 Å². The number of nitrogens with zero attached hydrogens (tertiary/aromatic N) is 1. The minimum absolute atomic E-state index is 0.0389. The first-order valence-electron chi connectivity index (χ1n) is 8.01. The lowest BCUT2D eigenvalue weighted by atomic mass is 10.0. The molecular formula is C19H20N2O5. The fourth-order valence-electron chi connectivity index (χ4n) is 2.73. The Morgan fingerprint density at radius 1 is 1.12 bits per heavy atom. The summed E-state index contributed by atoms with van der Waals surface area (Å²) in [4.78, 5) is 35.0. The molecule has 1 atom stereocenters. The Hall–Kier alpha value is -3.22. The second-order valence-electron chi connectivity index (χ2n) is 5.94. The van der Waals surface area contributed by atoms with Crippen molar-refractivity contribution in [2.24, 2.45) is 0 Å². The van der Waals surface area contributed by atoms with Crippen LogP contribution in [0.5, 0.6) is 0 Å². The number of amides is 1. The predicted octanol–water partition coefficient (Wildman–Crippen LogP) is 2.73. The molecule has 2 rings (SSSR count). The molecule has 0 fully saturated rings. The number of esters is 1. The summed E-state index contributed by atoms with van der Waals surface area (Å²) in [5, 5.41) is 13.4. The minimum Gasteiger partial charge on any atom is -0.467 e. The van der Waals surface area contributed by atoms with Gasteiger partial charge in [-0.05, 0) is 30.5 Å². The van der Waals surface area contributed by atoms with Crippen LogP contribution in [0.3, 0.4) is 0 Å². The second-order valence-corrected chi connectivity index (χ2v) is 5.94. The fraction of sp³-hybridized carbons (Fsp3) is 0.263. The first-order valence-corrected chi connectivity index (χ1v) is 8.01. The van der Waals surface area contributed by atoms with Crippen molar-refractivity contribution < 1.29 is 19.2 Å². The molecule has 0 bridgehead atoms. The lowest BCUT2D eigenvalue weighted by Crippen LogP contribution is -2.43. The average molecular weight is 356 g/mol. The molecule has 0 aliphatic rings. The first-order chi connectivity index (χ1) is 12.3. The van der Waals surface area contributed by atoms with E-state index in [-0.39, 0.29) is 18.0 Å². The fourth-order valence-corrected chi connectivity index (χ4v) is 2.73. The molecule has 0 heterocycles. The van der Waals surface area contributed by atoms with Crippen molar-refractivity contribution in [3.63, 3.8) is 0 Å². The third-order valence-corrected chi connectivity index (χ3v) is 4.09. The zero-order valence-corrected chi connectivity index (χ0v) is 14.8. The van der Waals surface area contributed by atoms with Gasteiger partial charge in [-0.2, -0.15) is 0 Å².